The van der Waals surface area contributed by atoms with Crippen molar-refractivity contribution in [1.82, 2.24) is 4.98 Å². The molecule has 0 aliphatic heterocycles. The highest BCUT2D eigenvalue weighted by atomic mass is 35.5. The van der Waals surface area contributed by atoms with E-state index in [0.29, 0.717) is 23.0 Å². The van der Waals surface area contributed by atoms with Crippen LogP contribution in [0, 0.1) is 0 Å². The Kier molecular flexibility index (Phi) is 12.6. The molecule has 0 aromatic carbocycles. The van der Waals surface area contributed by atoms with Gasteiger partial charge in [0.1, 0.15) is 17.4 Å². The van der Waals surface area contributed by atoms with Crippen LogP contribution in [0.15, 0.2) is 114 Å². The predicted octanol–water partition coefficient (Wildman–Crippen LogP) is 6.94. The van der Waals surface area contributed by atoms with Gasteiger partial charge < -0.3 is 14.8 Å². The molecule has 0 amide bonds. The van der Waals surface area contributed by atoms with Crippen LogP contribution in [-0.2, 0) is 9.47 Å². The average molecular weight is 471 g/mol. The van der Waals surface area contributed by atoms with Crippen molar-refractivity contribution in [2.24, 2.45) is 0 Å². The van der Waals surface area contributed by atoms with Crippen LogP contribution < -0.4 is 5.32 Å². The number of allylic oxidation sites excluding steroid dienone is 11. The number of esters is 1. The van der Waals surface area contributed by atoms with Crippen molar-refractivity contribution in [2.45, 2.75) is 13.3 Å². The first-order valence-electron chi connectivity index (χ1n) is 9.97. The molecule has 1 aromatic heterocycles. The SMILES string of the molecule is C=C/C(F)=C\C=C/C.C=C/C=C(\Nc1cccc(C(=O)OC)n1)C1=CCC(Cl)=CC=C1OC. The van der Waals surface area contributed by atoms with Crippen molar-refractivity contribution in [3.63, 3.8) is 0 Å². The van der Waals surface area contributed by atoms with Gasteiger partial charge in [-0.15, -0.1) is 0 Å². The number of nitrogens with one attached hydrogen (secondary N) is 1. The van der Waals surface area contributed by atoms with Gasteiger partial charge in [0.2, 0.25) is 0 Å². The molecule has 1 aromatic rings. The van der Waals surface area contributed by atoms with E-state index in [9.17, 15) is 9.18 Å². The first-order valence-corrected chi connectivity index (χ1v) is 10.3. The lowest BCUT2D eigenvalue weighted by Gasteiger charge is -2.16. The monoisotopic (exact) mass is 470 g/mol. The molecule has 1 N–H and O–H groups in total. The first kappa shape index (κ1) is 27.4. The van der Waals surface area contributed by atoms with Gasteiger partial charge in [-0.25, -0.2) is 14.2 Å². The second-order valence-electron chi connectivity index (χ2n) is 6.29. The molecule has 7 heteroatoms. The molecule has 5 nitrogen and oxygen atoms in total. The molecular weight excluding hydrogens is 443 g/mol. The largest absolute Gasteiger partial charge is 0.496 e. The van der Waals surface area contributed by atoms with E-state index < -0.39 is 5.97 Å². The number of carbonyl (C=O) groups excluding carboxylic acids is 1. The van der Waals surface area contributed by atoms with Crippen LogP contribution in [0.5, 0.6) is 0 Å². The van der Waals surface area contributed by atoms with E-state index in [4.69, 9.17) is 21.1 Å². The Hall–Kier alpha value is -3.64. The van der Waals surface area contributed by atoms with Gasteiger partial charge in [-0.05, 0) is 49.4 Å². The van der Waals surface area contributed by atoms with Crippen molar-refractivity contribution in [3.8, 4) is 0 Å². The molecule has 0 saturated carbocycles. The molecule has 0 atom stereocenters. The summed E-state index contributed by atoms with van der Waals surface area (Å²) in [6.45, 7) is 8.81. The standard InChI is InChI=1S/C19H19ClN2O3.C7H9F/c1-4-6-15(14-11-9-13(20)10-12-17(14)24-2)21-18-8-5-7-16(22-18)19(23)25-3;1-3-5-6-7(8)4-2/h4-8,10-12H,1,9H2,2-3H3,(H,21,22);3-6H,2H2,1H3/b15-6-;5-3-,7-6+. The number of nitrogens with zero attached hydrogens (tertiary/aromatic N) is 1. The van der Waals surface area contributed by atoms with Crippen molar-refractivity contribution >= 4 is 23.4 Å². The summed E-state index contributed by atoms with van der Waals surface area (Å²) in [6, 6.07) is 5.06. The smallest absolute Gasteiger partial charge is 0.356 e. The number of carbonyl (C=O) groups is 1. The van der Waals surface area contributed by atoms with Gasteiger partial charge in [0, 0.05) is 17.0 Å². The van der Waals surface area contributed by atoms with E-state index in [0.717, 1.165) is 11.3 Å². The highest BCUT2D eigenvalue weighted by molar-refractivity contribution is 6.29. The van der Waals surface area contributed by atoms with Crippen LogP contribution >= 0.6 is 11.6 Å². The quantitative estimate of drug-likeness (QED) is 0.329. The van der Waals surface area contributed by atoms with E-state index in [1.54, 1.807) is 61.8 Å². The summed E-state index contributed by atoms with van der Waals surface area (Å²) in [7, 11) is 2.91. The molecule has 33 heavy (non-hydrogen) atoms. The van der Waals surface area contributed by atoms with E-state index >= 15 is 0 Å². The summed E-state index contributed by atoms with van der Waals surface area (Å²) >= 11 is 6.11. The molecule has 1 heterocycles. The number of anilines is 1. The fourth-order valence-corrected chi connectivity index (χ4v) is 2.62. The van der Waals surface area contributed by atoms with E-state index in [-0.39, 0.29) is 11.5 Å². The number of pyridine rings is 1. The third-order valence-electron chi connectivity index (χ3n) is 4.03. The Morgan fingerprint density at radius 2 is 2.00 bits per heavy atom. The maximum absolute atomic E-state index is 12.0. The molecular formula is C26H28ClFN2O3. The number of aromatic nitrogens is 1. The number of ether oxygens (including phenoxy) is 2. The second kappa shape index (κ2) is 15.2. The predicted molar refractivity (Wildman–Crippen MR) is 133 cm³/mol. The number of hydrogen-bond acceptors (Lipinski definition) is 5. The number of halogens is 2. The highest BCUT2D eigenvalue weighted by Gasteiger charge is 2.15. The van der Waals surface area contributed by atoms with Crippen LogP contribution in [0.3, 0.4) is 0 Å². The Balaban J connectivity index is 0.000000582. The molecule has 174 valence electrons. The molecule has 0 spiro atoms. The fourth-order valence-electron chi connectivity index (χ4n) is 2.48. The summed E-state index contributed by atoms with van der Waals surface area (Å²) in [5.41, 5.74) is 1.75. The average Bonchev–Trinajstić information content (AvgIpc) is 3.03. The molecule has 0 bridgehead atoms. The van der Waals surface area contributed by atoms with Crippen LogP contribution in [0.2, 0.25) is 0 Å². The molecule has 0 radical (unpaired) electrons. The topological polar surface area (TPSA) is 60.5 Å². The van der Waals surface area contributed by atoms with Gasteiger partial charge in [0.05, 0.1) is 19.9 Å². The van der Waals surface area contributed by atoms with Crippen LogP contribution in [0.4, 0.5) is 10.2 Å². The molecule has 1 aliphatic carbocycles. The zero-order chi connectivity index (χ0) is 24.6. The zero-order valence-electron chi connectivity index (χ0n) is 19.0. The molecule has 0 saturated heterocycles. The number of methoxy groups -OCH3 is 2. The molecule has 1 aliphatic rings. The van der Waals surface area contributed by atoms with Crippen molar-refractivity contribution < 1.29 is 18.7 Å². The van der Waals surface area contributed by atoms with Crippen molar-refractivity contribution in [2.75, 3.05) is 19.5 Å². The van der Waals surface area contributed by atoms with Crippen molar-refractivity contribution in [1.29, 1.82) is 0 Å². The minimum absolute atomic E-state index is 0.215. The molecule has 2 rings (SSSR count). The summed E-state index contributed by atoms with van der Waals surface area (Å²) in [4.78, 5) is 15.9. The molecule has 0 unspecified atom stereocenters. The van der Waals surface area contributed by atoms with Gasteiger partial charge in [0.15, 0.2) is 5.69 Å². The van der Waals surface area contributed by atoms with Gasteiger partial charge in [-0.1, -0.05) is 55.1 Å². The second-order valence-corrected chi connectivity index (χ2v) is 6.78. The summed E-state index contributed by atoms with van der Waals surface area (Å²) < 4.78 is 22.2. The van der Waals surface area contributed by atoms with Crippen molar-refractivity contribution in [3.05, 3.63) is 120 Å². The van der Waals surface area contributed by atoms with Crippen LogP contribution in [0.1, 0.15) is 23.8 Å². The maximum Gasteiger partial charge on any atom is 0.356 e. The lowest BCUT2D eigenvalue weighted by atomic mass is 10.1. The Morgan fingerprint density at radius 1 is 1.24 bits per heavy atom. The first-order chi connectivity index (χ1) is 15.9. The van der Waals surface area contributed by atoms with Crippen LogP contribution in [0.25, 0.3) is 0 Å². The lowest BCUT2D eigenvalue weighted by molar-refractivity contribution is 0.0594. The minimum atomic E-state index is -0.500. The minimum Gasteiger partial charge on any atom is -0.496 e. The number of rotatable bonds is 8. The molecule has 0 fully saturated rings. The zero-order valence-corrected chi connectivity index (χ0v) is 19.7. The third kappa shape index (κ3) is 9.58. The number of hydrogen-bond donors (Lipinski definition) is 1. The summed E-state index contributed by atoms with van der Waals surface area (Å²) in [6.07, 6.45) is 15.5. The lowest BCUT2D eigenvalue weighted by Crippen LogP contribution is -2.10. The van der Waals surface area contributed by atoms with Gasteiger partial charge in [-0.2, -0.15) is 0 Å². The summed E-state index contributed by atoms with van der Waals surface area (Å²) in [5, 5.41) is 3.89. The van der Waals surface area contributed by atoms with E-state index in [1.165, 1.54) is 19.3 Å². The normalized spacial score (nSPS) is 14.0. The Morgan fingerprint density at radius 3 is 2.61 bits per heavy atom. The fraction of sp³-hybridized carbons (Fsp3) is 0.154. The Bertz CT molecular complexity index is 1030. The van der Waals surface area contributed by atoms with Gasteiger partial charge in [-0.3, -0.25) is 0 Å². The highest BCUT2D eigenvalue weighted by Crippen LogP contribution is 2.27. The van der Waals surface area contributed by atoms with Gasteiger partial charge >= 0.3 is 5.97 Å². The Labute approximate surface area is 199 Å². The third-order valence-corrected chi connectivity index (χ3v) is 4.31. The van der Waals surface area contributed by atoms with Crippen LogP contribution in [-0.4, -0.2) is 25.2 Å². The summed E-state index contributed by atoms with van der Waals surface area (Å²) in [5.74, 6) is 0.346. The maximum atomic E-state index is 12.0. The van der Waals surface area contributed by atoms with E-state index in [1.807, 2.05) is 13.0 Å². The van der Waals surface area contributed by atoms with Gasteiger partial charge in [0.25, 0.3) is 0 Å². The van der Waals surface area contributed by atoms with E-state index in [2.05, 4.69) is 23.5 Å².